The minimum atomic E-state index is -0.991. The molecule has 35 heavy (non-hydrogen) atoms. The van der Waals surface area contributed by atoms with Crippen molar-refractivity contribution in [2.45, 2.75) is 30.0 Å². The number of aromatic nitrogens is 2. The number of halogens is 2. The van der Waals surface area contributed by atoms with Crippen LogP contribution in [0, 0.1) is 11.3 Å². The zero-order valence-electron chi connectivity index (χ0n) is 18.4. The predicted octanol–water partition coefficient (Wildman–Crippen LogP) is 4.66. The molecule has 5 rings (SSSR count). The van der Waals surface area contributed by atoms with Crippen LogP contribution in [0.3, 0.4) is 0 Å². The van der Waals surface area contributed by atoms with Gasteiger partial charge in [-0.2, -0.15) is 5.26 Å². The molecule has 8 nitrogen and oxygen atoms in total. The quantitative estimate of drug-likeness (QED) is 0.470. The van der Waals surface area contributed by atoms with Crippen LogP contribution in [0.15, 0.2) is 64.9 Å². The third-order valence-corrected chi connectivity index (χ3v) is 7.05. The molecule has 3 N–H and O–H groups in total. The van der Waals surface area contributed by atoms with Crippen LogP contribution in [0.1, 0.15) is 18.1 Å². The smallest absolute Gasteiger partial charge is 0.260 e. The molecule has 0 radical (unpaired) electrons. The second-order valence-electron chi connectivity index (χ2n) is 8.34. The standard InChI is InChI=1S/C24H19Cl2N7OS/c1-24(9-14-2-4-15(5-3-14)19-11-29-13-31-20(19)10-27)22(34)32(18-7-16(25)6-17(26)8-18)23-30-12-21(35-28)33(23)24/h2-8,11-13,20H,9,28H2,1H3,(H,29,31)/t20?,24-/m1/s1. The number of aliphatic imine (C=N–C) groups is 1. The molecule has 1 unspecified atom stereocenters. The summed E-state index contributed by atoms with van der Waals surface area (Å²) in [7, 11) is 0. The van der Waals surface area contributed by atoms with Gasteiger partial charge in [0.05, 0.1) is 24.3 Å². The lowest BCUT2D eigenvalue weighted by Crippen LogP contribution is -2.41. The van der Waals surface area contributed by atoms with Crippen molar-refractivity contribution in [1.82, 2.24) is 14.9 Å². The van der Waals surface area contributed by atoms with Crippen molar-refractivity contribution in [2.24, 2.45) is 10.1 Å². The number of nitrogens with zero attached hydrogens (tertiary/aromatic N) is 5. The molecule has 1 aromatic heterocycles. The van der Waals surface area contributed by atoms with Crippen LogP contribution in [0.25, 0.3) is 5.57 Å². The van der Waals surface area contributed by atoms with Gasteiger partial charge >= 0.3 is 0 Å². The Morgan fingerprint density at radius 1 is 1.23 bits per heavy atom. The summed E-state index contributed by atoms with van der Waals surface area (Å²) in [6.45, 7) is 1.87. The van der Waals surface area contributed by atoms with E-state index < -0.39 is 11.6 Å². The molecule has 1 amide bonds. The zero-order valence-corrected chi connectivity index (χ0v) is 20.8. The van der Waals surface area contributed by atoms with E-state index in [-0.39, 0.29) is 5.91 Å². The van der Waals surface area contributed by atoms with Crippen LogP contribution in [0.4, 0.5) is 11.6 Å². The monoisotopic (exact) mass is 523 g/mol. The molecular formula is C24H19Cl2N7OS. The summed E-state index contributed by atoms with van der Waals surface area (Å²) >= 11 is 13.5. The lowest BCUT2D eigenvalue weighted by Gasteiger charge is -2.26. The van der Waals surface area contributed by atoms with E-state index in [0.29, 0.717) is 33.1 Å². The summed E-state index contributed by atoms with van der Waals surface area (Å²) < 4.78 is 1.86. The van der Waals surface area contributed by atoms with Crippen LogP contribution in [-0.4, -0.2) is 27.8 Å². The van der Waals surface area contributed by atoms with Gasteiger partial charge in [0.1, 0.15) is 10.6 Å². The second kappa shape index (κ2) is 9.06. The lowest BCUT2D eigenvalue weighted by molar-refractivity contribution is -0.124. The second-order valence-corrected chi connectivity index (χ2v) is 9.87. The molecular weight excluding hydrogens is 505 g/mol. The first-order valence-electron chi connectivity index (χ1n) is 10.6. The van der Waals surface area contributed by atoms with Gasteiger partial charge in [0, 0.05) is 28.2 Å². The maximum atomic E-state index is 13.9. The van der Waals surface area contributed by atoms with Gasteiger partial charge in [-0.3, -0.25) is 19.5 Å². The van der Waals surface area contributed by atoms with E-state index in [1.54, 1.807) is 30.6 Å². The summed E-state index contributed by atoms with van der Waals surface area (Å²) in [6, 6.07) is 14.4. The summed E-state index contributed by atoms with van der Waals surface area (Å²) in [5.74, 6) is 0.282. The van der Waals surface area contributed by atoms with Crippen LogP contribution in [-0.2, 0) is 16.8 Å². The SMILES string of the molecule is C[C@@]1(Cc2ccc(C3=CNC=NC3C#N)cc2)C(=O)N(c2cc(Cl)cc(Cl)c2)c2ncc(SN)n21. The van der Waals surface area contributed by atoms with E-state index in [1.165, 1.54) is 11.2 Å². The number of anilines is 2. The van der Waals surface area contributed by atoms with Crippen molar-refractivity contribution in [3.8, 4) is 6.07 Å². The Balaban J connectivity index is 1.51. The molecule has 2 aliphatic heterocycles. The highest BCUT2D eigenvalue weighted by Gasteiger charge is 2.50. The molecule has 3 aromatic rings. The highest BCUT2D eigenvalue weighted by atomic mass is 35.5. The van der Waals surface area contributed by atoms with Crippen molar-refractivity contribution in [3.63, 3.8) is 0 Å². The Bertz CT molecular complexity index is 1410. The van der Waals surface area contributed by atoms with Gasteiger partial charge in [0.15, 0.2) is 6.04 Å². The van der Waals surface area contributed by atoms with E-state index in [1.807, 2.05) is 35.8 Å². The summed E-state index contributed by atoms with van der Waals surface area (Å²) in [5.41, 5.74) is 2.14. The first-order chi connectivity index (χ1) is 16.9. The number of fused-ring (bicyclic) bond motifs is 1. The lowest BCUT2D eigenvalue weighted by atomic mass is 9.90. The minimum absolute atomic E-state index is 0.170. The maximum Gasteiger partial charge on any atom is 0.260 e. The molecule has 3 heterocycles. The third kappa shape index (κ3) is 3.98. The number of nitriles is 1. The van der Waals surface area contributed by atoms with E-state index in [9.17, 15) is 10.1 Å². The average molecular weight is 524 g/mol. The fourth-order valence-corrected chi connectivity index (χ4v) is 5.49. The molecule has 0 spiro atoms. The average Bonchev–Trinajstić information content (AvgIpc) is 3.36. The number of hydrogen-bond acceptors (Lipinski definition) is 7. The van der Waals surface area contributed by atoms with Crippen molar-refractivity contribution in [2.75, 3.05) is 4.90 Å². The van der Waals surface area contributed by atoms with Crippen molar-refractivity contribution in [3.05, 3.63) is 76.0 Å². The number of carbonyl (C=O) groups excluding carboxylic acids is 1. The Morgan fingerprint density at radius 2 is 1.94 bits per heavy atom. The number of hydrogen-bond donors (Lipinski definition) is 2. The Kier molecular flexibility index (Phi) is 6.07. The first kappa shape index (κ1) is 23.5. The first-order valence-corrected chi connectivity index (χ1v) is 12.2. The Labute approximate surface area is 216 Å². The van der Waals surface area contributed by atoms with Gasteiger partial charge in [0.2, 0.25) is 5.95 Å². The minimum Gasteiger partial charge on any atom is -0.353 e. The van der Waals surface area contributed by atoms with Crippen LogP contribution in [0.5, 0.6) is 0 Å². The molecule has 0 aliphatic carbocycles. The number of imidazole rings is 1. The van der Waals surface area contributed by atoms with Crippen molar-refractivity contribution < 1.29 is 4.79 Å². The molecule has 0 fully saturated rings. The fourth-order valence-electron chi connectivity index (χ4n) is 4.48. The van der Waals surface area contributed by atoms with E-state index in [4.69, 9.17) is 28.3 Å². The van der Waals surface area contributed by atoms with Crippen LogP contribution < -0.4 is 15.4 Å². The highest BCUT2D eigenvalue weighted by molar-refractivity contribution is 7.97. The largest absolute Gasteiger partial charge is 0.353 e. The van der Waals surface area contributed by atoms with E-state index >= 15 is 0 Å². The van der Waals surface area contributed by atoms with E-state index in [2.05, 4.69) is 21.4 Å². The molecule has 0 saturated heterocycles. The predicted molar refractivity (Wildman–Crippen MR) is 139 cm³/mol. The van der Waals surface area contributed by atoms with Gasteiger partial charge < -0.3 is 5.32 Å². The number of rotatable bonds is 5. The highest BCUT2D eigenvalue weighted by Crippen LogP contribution is 2.44. The molecule has 0 saturated carbocycles. The molecule has 11 heteroatoms. The molecule has 2 aliphatic rings. The van der Waals surface area contributed by atoms with Crippen LogP contribution in [0.2, 0.25) is 10.0 Å². The zero-order chi connectivity index (χ0) is 24.7. The van der Waals surface area contributed by atoms with Gasteiger partial charge in [-0.1, -0.05) is 47.5 Å². The van der Waals surface area contributed by atoms with Gasteiger partial charge in [0.25, 0.3) is 5.91 Å². The summed E-state index contributed by atoms with van der Waals surface area (Å²) in [4.78, 5) is 24.1. The molecule has 2 aromatic carbocycles. The van der Waals surface area contributed by atoms with E-state index in [0.717, 1.165) is 28.6 Å². The number of nitrogens with one attached hydrogen (secondary N) is 1. The summed E-state index contributed by atoms with van der Waals surface area (Å²) in [5, 5.41) is 19.8. The number of nitrogens with two attached hydrogens (primary N) is 1. The normalized spacial score (nSPS) is 20.9. The van der Waals surface area contributed by atoms with Crippen molar-refractivity contribution >= 4 is 64.6 Å². The Morgan fingerprint density at radius 3 is 2.60 bits per heavy atom. The van der Waals surface area contributed by atoms with Gasteiger partial charge in [-0.15, -0.1) is 0 Å². The maximum absolute atomic E-state index is 13.9. The number of carbonyl (C=O) groups is 1. The molecule has 2 atom stereocenters. The van der Waals surface area contributed by atoms with Gasteiger partial charge in [-0.25, -0.2) is 9.88 Å². The molecule has 176 valence electrons. The number of benzene rings is 2. The summed E-state index contributed by atoms with van der Waals surface area (Å²) in [6.07, 6.45) is 5.32. The topological polar surface area (TPSA) is 112 Å². The van der Waals surface area contributed by atoms with Crippen molar-refractivity contribution in [1.29, 1.82) is 5.26 Å². The third-order valence-electron chi connectivity index (χ3n) is 6.08. The number of amides is 1. The van der Waals surface area contributed by atoms with Crippen LogP contribution >= 0.6 is 35.1 Å². The fraction of sp³-hybridized carbons (Fsp3) is 0.167. The Hall–Kier alpha value is -3.29. The molecule has 0 bridgehead atoms. The van der Waals surface area contributed by atoms with Gasteiger partial charge in [-0.05, 0) is 48.2 Å².